The Morgan fingerprint density at radius 3 is 2.29 bits per heavy atom. The van der Waals surface area contributed by atoms with E-state index in [9.17, 15) is 0 Å². The van der Waals surface area contributed by atoms with Crippen LogP contribution in [-0.2, 0) is 6.54 Å². The number of aliphatic imine (C=N–C) groups is 1. The van der Waals surface area contributed by atoms with Gasteiger partial charge in [-0.1, -0.05) is 20.1 Å². The molecule has 0 aliphatic rings. The van der Waals surface area contributed by atoms with Gasteiger partial charge in [0.2, 0.25) is 0 Å². The first kappa shape index (κ1) is 13.2. The zero-order chi connectivity index (χ0) is 12.3. The molecule has 0 radical (unpaired) electrons. The molecular weight excluding hydrogens is 206 g/mol. The molecule has 0 bridgehead atoms. The Morgan fingerprint density at radius 2 is 1.71 bits per heavy atom. The first-order valence-corrected chi connectivity index (χ1v) is 5.87. The van der Waals surface area contributed by atoms with Crippen LogP contribution in [-0.4, -0.2) is 6.21 Å². The summed E-state index contributed by atoms with van der Waals surface area (Å²) in [6, 6.07) is 21.9. The van der Waals surface area contributed by atoms with Gasteiger partial charge in [-0.3, -0.25) is 0 Å². The van der Waals surface area contributed by atoms with Crippen LogP contribution in [0.1, 0.15) is 25.0 Å². The van der Waals surface area contributed by atoms with Gasteiger partial charge in [0.25, 0.3) is 0 Å². The topological polar surface area (TPSA) is 12.4 Å². The maximum atomic E-state index is 4.32. The van der Waals surface area contributed by atoms with E-state index in [2.05, 4.69) is 17.1 Å². The fourth-order valence-electron chi connectivity index (χ4n) is 1.26. The maximum absolute atomic E-state index is 4.32. The predicted molar refractivity (Wildman–Crippen MR) is 73.2 cm³/mol. The Morgan fingerprint density at radius 1 is 1.00 bits per heavy atom. The molecule has 2 rings (SSSR count). The molecule has 0 amide bonds. The van der Waals surface area contributed by atoms with Crippen molar-refractivity contribution in [3.63, 3.8) is 0 Å². The molecule has 1 nitrogen and oxygen atoms in total. The van der Waals surface area contributed by atoms with Crippen molar-refractivity contribution in [2.24, 2.45) is 4.99 Å². The molecule has 0 N–H and O–H groups in total. The maximum Gasteiger partial charge on any atom is 0.0308 e. The minimum absolute atomic E-state index is 0.670. The molecule has 0 aliphatic carbocycles. The van der Waals surface area contributed by atoms with Crippen molar-refractivity contribution in [1.29, 1.82) is 0 Å². The number of benzene rings is 2. The van der Waals surface area contributed by atoms with E-state index < -0.39 is 0 Å². The lowest BCUT2D eigenvalue weighted by Crippen LogP contribution is -1.83. The minimum Gasteiger partial charge on any atom is -0.338 e. The summed E-state index contributed by atoms with van der Waals surface area (Å²) >= 11 is 0. The Balaban J connectivity index is 0.000000686. The second kappa shape index (κ2) is 8.28. The standard InChI is InChI=1S/C14H11N.C2H6/c1-3-7-13(8-4-1)11-15-12-14-9-5-2-6-10-14;1-2/h1-7,9,11H,12H2;1-2H3/q-2;. The summed E-state index contributed by atoms with van der Waals surface area (Å²) < 4.78 is 0. The fraction of sp³-hybridized carbons (Fsp3) is 0.188. The van der Waals surface area contributed by atoms with Gasteiger partial charge < -0.3 is 4.99 Å². The second-order valence-electron chi connectivity index (χ2n) is 3.18. The summed E-state index contributed by atoms with van der Waals surface area (Å²) in [5.74, 6) is 0. The van der Waals surface area contributed by atoms with Crippen LogP contribution in [0.4, 0.5) is 0 Å². The average molecular weight is 223 g/mol. The summed E-state index contributed by atoms with van der Waals surface area (Å²) in [6.45, 7) is 4.67. The lowest BCUT2D eigenvalue weighted by Gasteiger charge is -2.03. The van der Waals surface area contributed by atoms with Gasteiger partial charge in [-0.2, -0.15) is 30.3 Å². The Bertz CT molecular complexity index is 418. The predicted octanol–water partition coefficient (Wildman–Crippen LogP) is 3.93. The highest BCUT2D eigenvalue weighted by Crippen LogP contribution is 2.00. The van der Waals surface area contributed by atoms with Gasteiger partial charge in [0, 0.05) is 6.54 Å². The van der Waals surface area contributed by atoms with Crippen molar-refractivity contribution in [3.8, 4) is 0 Å². The first-order valence-electron chi connectivity index (χ1n) is 5.87. The van der Waals surface area contributed by atoms with Gasteiger partial charge in [0.1, 0.15) is 0 Å². The molecule has 0 aromatic heterocycles. The summed E-state index contributed by atoms with van der Waals surface area (Å²) in [7, 11) is 0. The molecule has 0 atom stereocenters. The molecule has 0 saturated carbocycles. The molecule has 2 aromatic carbocycles. The second-order valence-corrected chi connectivity index (χ2v) is 3.18. The summed E-state index contributed by atoms with van der Waals surface area (Å²) in [5.41, 5.74) is 2.11. The van der Waals surface area contributed by atoms with E-state index in [1.165, 1.54) is 0 Å². The number of rotatable bonds is 3. The van der Waals surface area contributed by atoms with Crippen LogP contribution in [0.15, 0.2) is 53.5 Å². The van der Waals surface area contributed by atoms with Gasteiger partial charge in [-0.05, 0) is 0 Å². The van der Waals surface area contributed by atoms with E-state index in [0.717, 1.165) is 11.1 Å². The Labute approximate surface area is 104 Å². The SMILES string of the molecule is CC.[c-]1ccccc1C=NCc1[c-]cccc1. The molecule has 0 fully saturated rings. The van der Waals surface area contributed by atoms with Crippen LogP contribution in [0.25, 0.3) is 0 Å². The summed E-state index contributed by atoms with van der Waals surface area (Å²) in [5, 5.41) is 0. The van der Waals surface area contributed by atoms with Crippen molar-refractivity contribution in [1.82, 2.24) is 0 Å². The molecular formula is C16H17N-2. The largest absolute Gasteiger partial charge is 0.338 e. The van der Waals surface area contributed by atoms with Gasteiger partial charge in [-0.25, -0.2) is 0 Å². The zero-order valence-corrected chi connectivity index (χ0v) is 10.4. The molecule has 88 valence electrons. The van der Waals surface area contributed by atoms with Crippen LogP contribution in [0.2, 0.25) is 0 Å². The smallest absolute Gasteiger partial charge is 0.0308 e. The van der Waals surface area contributed by atoms with E-state index in [4.69, 9.17) is 0 Å². The van der Waals surface area contributed by atoms with Crippen molar-refractivity contribution in [2.45, 2.75) is 20.4 Å². The monoisotopic (exact) mass is 223 g/mol. The molecule has 0 heterocycles. The Kier molecular flexibility index (Phi) is 6.42. The van der Waals surface area contributed by atoms with Gasteiger partial charge in [0.05, 0.1) is 0 Å². The molecule has 0 spiro atoms. The highest BCUT2D eigenvalue weighted by Gasteiger charge is 1.78. The zero-order valence-electron chi connectivity index (χ0n) is 10.4. The number of hydrogen-bond donors (Lipinski definition) is 0. The molecule has 0 saturated heterocycles. The highest BCUT2D eigenvalue weighted by molar-refractivity contribution is 5.78. The lowest BCUT2D eigenvalue weighted by molar-refractivity contribution is 1.07. The fourth-order valence-corrected chi connectivity index (χ4v) is 1.26. The first-order chi connectivity index (χ1) is 8.45. The van der Waals surface area contributed by atoms with Crippen LogP contribution in [0.3, 0.4) is 0 Å². The molecule has 17 heavy (non-hydrogen) atoms. The summed E-state index contributed by atoms with van der Waals surface area (Å²) in [6.07, 6.45) is 1.83. The molecule has 1 heteroatoms. The molecule has 2 aromatic rings. The quantitative estimate of drug-likeness (QED) is 0.552. The molecule has 0 aliphatic heterocycles. The van der Waals surface area contributed by atoms with Crippen molar-refractivity contribution in [2.75, 3.05) is 0 Å². The third-order valence-corrected chi connectivity index (χ3v) is 2.00. The van der Waals surface area contributed by atoms with Crippen molar-refractivity contribution in [3.05, 3.63) is 71.8 Å². The normalized spacial score (nSPS) is 9.76. The third-order valence-electron chi connectivity index (χ3n) is 2.00. The number of nitrogens with zero attached hydrogens (tertiary/aromatic N) is 1. The van der Waals surface area contributed by atoms with Crippen molar-refractivity contribution >= 4 is 6.21 Å². The van der Waals surface area contributed by atoms with Gasteiger partial charge >= 0.3 is 0 Å². The number of hydrogen-bond acceptors (Lipinski definition) is 1. The minimum atomic E-state index is 0.670. The summed E-state index contributed by atoms with van der Waals surface area (Å²) in [4.78, 5) is 4.32. The van der Waals surface area contributed by atoms with Crippen LogP contribution in [0.5, 0.6) is 0 Å². The van der Waals surface area contributed by atoms with E-state index in [1.54, 1.807) is 0 Å². The highest BCUT2D eigenvalue weighted by atomic mass is 14.7. The average Bonchev–Trinajstić information content (AvgIpc) is 2.43. The van der Waals surface area contributed by atoms with Crippen LogP contribution < -0.4 is 0 Å². The molecule has 0 unspecified atom stereocenters. The Hall–Kier alpha value is -1.89. The van der Waals surface area contributed by atoms with Gasteiger partial charge in [0.15, 0.2) is 0 Å². The van der Waals surface area contributed by atoms with Crippen LogP contribution in [0, 0.1) is 12.1 Å². The van der Waals surface area contributed by atoms with Crippen molar-refractivity contribution < 1.29 is 0 Å². The van der Waals surface area contributed by atoms with Crippen LogP contribution >= 0.6 is 0 Å². The van der Waals surface area contributed by atoms with E-state index in [-0.39, 0.29) is 0 Å². The van der Waals surface area contributed by atoms with E-state index >= 15 is 0 Å². The van der Waals surface area contributed by atoms with E-state index in [0.29, 0.717) is 6.54 Å². The van der Waals surface area contributed by atoms with Gasteiger partial charge in [-0.15, -0.1) is 41.5 Å². The lowest BCUT2D eigenvalue weighted by atomic mass is 10.2. The van der Waals surface area contributed by atoms with E-state index in [1.807, 2.05) is 68.6 Å². The third kappa shape index (κ3) is 5.12.